The Balaban J connectivity index is 1.62. The highest BCUT2D eigenvalue weighted by Crippen LogP contribution is 2.46. The topological polar surface area (TPSA) is 102 Å². The molecule has 2 aromatic rings. The molecule has 3 rings (SSSR count). The highest BCUT2D eigenvalue weighted by molar-refractivity contribution is 5.93. The summed E-state index contributed by atoms with van der Waals surface area (Å²) in [6.45, 7) is 6.32. The Morgan fingerprint density at radius 2 is 1.91 bits per heavy atom. The fourth-order valence-electron chi connectivity index (χ4n) is 3.79. The standard InChI is InChI=1S/C26H30N2O4/c1-17-7-11-20(12-8-17)25-24(26(30)31)22-16-19(10-14-23(22)32-25)9-13-21(29)6-4-3-5-15-28-18(2)27/h7-14,16,24-25,28H,2-6,15,27H2,1H3,(H,30,31)/b13-9+. The molecule has 1 aliphatic heterocycles. The second kappa shape index (κ2) is 10.7. The molecule has 0 amide bonds. The Morgan fingerprint density at radius 3 is 2.59 bits per heavy atom. The molecule has 6 heteroatoms. The number of carboxylic acids is 1. The summed E-state index contributed by atoms with van der Waals surface area (Å²) in [7, 11) is 0. The van der Waals surface area contributed by atoms with Crippen LogP contribution in [-0.4, -0.2) is 23.4 Å². The van der Waals surface area contributed by atoms with E-state index in [2.05, 4.69) is 11.9 Å². The van der Waals surface area contributed by atoms with Crippen molar-refractivity contribution in [3.05, 3.63) is 83.2 Å². The molecule has 0 saturated carbocycles. The highest BCUT2D eigenvalue weighted by Gasteiger charge is 2.40. The van der Waals surface area contributed by atoms with Crippen molar-refractivity contribution in [2.24, 2.45) is 5.73 Å². The average Bonchev–Trinajstić information content (AvgIpc) is 3.14. The summed E-state index contributed by atoms with van der Waals surface area (Å²) >= 11 is 0. The molecule has 32 heavy (non-hydrogen) atoms. The van der Waals surface area contributed by atoms with Gasteiger partial charge in [-0.3, -0.25) is 9.59 Å². The fourth-order valence-corrected chi connectivity index (χ4v) is 3.79. The summed E-state index contributed by atoms with van der Waals surface area (Å²) < 4.78 is 6.00. The first-order valence-electron chi connectivity index (χ1n) is 10.8. The van der Waals surface area contributed by atoms with E-state index in [0.717, 1.165) is 42.5 Å². The molecule has 0 bridgehead atoms. The van der Waals surface area contributed by atoms with Gasteiger partial charge in [0, 0.05) is 18.5 Å². The number of aliphatic carboxylic acids is 1. The molecule has 2 unspecified atom stereocenters. The van der Waals surface area contributed by atoms with Crippen LogP contribution in [0.3, 0.4) is 0 Å². The molecule has 4 N–H and O–H groups in total. The largest absolute Gasteiger partial charge is 0.484 e. The third kappa shape index (κ3) is 6.00. The molecule has 1 heterocycles. The zero-order valence-electron chi connectivity index (χ0n) is 18.3. The number of ether oxygens (including phenoxy) is 1. The first-order chi connectivity index (χ1) is 15.3. The maximum absolute atomic E-state index is 12.2. The van der Waals surface area contributed by atoms with Crippen molar-refractivity contribution in [3.8, 4) is 5.75 Å². The lowest BCUT2D eigenvalue weighted by Gasteiger charge is -2.16. The quantitative estimate of drug-likeness (QED) is 0.357. The van der Waals surface area contributed by atoms with Crippen LogP contribution in [0.2, 0.25) is 0 Å². The number of aryl methyl sites for hydroxylation is 1. The molecule has 0 radical (unpaired) electrons. The number of rotatable bonds is 11. The van der Waals surface area contributed by atoms with Gasteiger partial charge in [-0.05, 0) is 49.1 Å². The molecule has 168 valence electrons. The molecule has 0 aromatic heterocycles. The lowest BCUT2D eigenvalue weighted by molar-refractivity contribution is -0.140. The number of ketones is 1. The minimum atomic E-state index is -0.931. The number of fused-ring (bicyclic) bond motifs is 1. The number of carbonyl (C=O) groups is 2. The van der Waals surface area contributed by atoms with E-state index in [1.165, 1.54) is 0 Å². The van der Waals surface area contributed by atoms with E-state index >= 15 is 0 Å². The Hall–Kier alpha value is -3.54. The van der Waals surface area contributed by atoms with Crippen molar-refractivity contribution < 1.29 is 19.4 Å². The smallest absolute Gasteiger partial charge is 0.315 e. The number of unbranched alkanes of at least 4 members (excludes halogenated alkanes) is 2. The van der Waals surface area contributed by atoms with Crippen molar-refractivity contribution in [2.75, 3.05) is 6.54 Å². The van der Waals surface area contributed by atoms with Crippen LogP contribution in [0.1, 0.15) is 60.0 Å². The monoisotopic (exact) mass is 434 g/mol. The SMILES string of the molecule is C=C(N)NCCCCCC(=O)/C=C/c1ccc2c(c1)C(C(=O)O)C(c1ccc(C)cc1)O2. The molecule has 6 nitrogen and oxygen atoms in total. The first kappa shape index (κ1) is 23.1. The second-order valence-electron chi connectivity index (χ2n) is 8.12. The maximum atomic E-state index is 12.2. The fraction of sp³-hybridized carbons (Fsp3) is 0.308. The molecule has 1 aliphatic rings. The van der Waals surface area contributed by atoms with E-state index in [1.54, 1.807) is 24.3 Å². The van der Waals surface area contributed by atoms with E-state index in [1.807, 2.05) is 37.3 Å². The van der Waals surface area contributed by atoms with Crippen LogP contribution in [0.5, 0.6) is 5.75 Å². The summed E-state index contributed by atoms with van der Waals surface area (Å²) in [5.41, 5.74) is 8.79. The Labute approximate surface area is 188 Å². The number of nitrogens with one attached hydrogen (secondary N) is 1. The van der Waals surface area contributed by atoms with Crippen LogP contribution < -0.4 is 15.8 Å². The first-order valence-corrected chi connectivity index (χ1v) is 10.8. The minimum absolute atomic E-state index is 0.0465. The Morgan fingerprint density at radius 1 is 1.16 bits per heavy atom. The second-order valence-corrected chi connectivity index (χ2v) is 8.12. The molecule has 0 spiro atoms. The third-order valence-corrected chi connectivity index (χ3v) is 5.51. The molecule has 2 aromatic carbocycles. The minimum Gasteiger partial charge on any atom is -0.484 e. The molecule has 2 atom stereocenters. The van der Waals surface area contributed by atoms with Crippen LogP contribution in [-0.2, 0) is 9.59 Å². The van der Waals surface area contributed by atoms with E-state index in [9.17, 15) is 14.7 Å². The lowest BCUT2D eigenvalue weighted by atomic mass is 9.90. The van der Waals surface area contributed by atoms with Gasteiger partial charge in [0.2, 0.25) is 0 Å². The van der Waals surface area contributed by atoms with Gasteiger partial charge in [-0.1, -0.05) is 55.0 Å². The van der Waals surface area contributed by atoms with E-state index < -0.39 is 18.0 Å². The predicted molar refractivity (Wildman–Crippen MR) is 125 cm³/mol. The number of carboxylic acid groups (broad SMARTS) is 1. The van der Waals surface area contributed by atoms with Gasteiger partial charge < -0.3 is 20.9 Å². The van der Waals surface area contributed by atoms with Gasteiger partial charge in [0.05, 0.1) is 5.82 Å². The Bertz CT molecular complexity index is 1010. The van der Waals surface area contributed by atoms with Gasteiger partial charge in [-0.2, -0.15) is 0 Å². The number of carbonyl (C=O) groups excluding carboxylic acids is 1. The molecule has 0 saturated heterocycles. The number of hydrogen-bond donors (Lipinski definition) is 3. The zero-order valence-corrected chi connectivity index (χ0v) is 18.3. The summed E-state index contributed by atoms with van der Waals surface area (Å²) in [4.78, 5) is 24.2. The third-order valence-electron chi connectivity index (χ3n) is 5.51. The number of nitrogens with two attached hydrogens (primary N) is 1. The van der Waals surface area contributed by atoms with E-state index in [0.29, 0.717) is 23.6 Å². The van der Waals surface area contributed by atoms with Crippen molar-refractivity contribution in [1.29, 1.82) is 0 Å². The Kier molecular flexibility index (Phi) is 7.71. The highest BCUT2D eigenvalue weighted by atomic mass is 16.5. The lowest BCUT2D eigenvalue weighted by Crippen LogP contribution is -2.19. The van der Waals surface area contributed by atoms with Crippen molar-refractivity contribution in [3.63, 3.8) is 0 Å². The van der Waals surface area contributed by atoms with Crippen molar-refractivity contribution in [2.45, 2.75) is 44.6 Å². The van der Waals surface area contributed by atoms with Crippen LogP contribution in [0.25, 0.3) is 6.08 Å². The van der Waals surface area contributed by atoms with Gasteiger partial charge in [0.25, 0.3) is 0 Å². The molecular weight excluding hydrogens is 404 g/mol. The summed E-state index contributed by atoms with van der Waals surface area (Å²) in [6, 6.07) is 13.1. The average molecular weight is 435 g/mol. The summed E-state index contributed by atoms with van der Waals surface area (Å²) in [6.07, 6.45) is 5.86. The molecular formula is C26H30N2O4. The van der Waals surface area contributed by atoms with Gasteiger partial charge in [-0.25, -0.2) is 0 Å². The number of hydrogen-bond acceptors (Lipinski definition) is 5. The number of benzene rings is 2. The van der Waals surface area contributed by atoms with Gasteiger partial charge in [-0.15, -0.1) is 0 Å². The van der Waals surface area contributed by atoms with Crippen LogP contribution in [0, 0.1) is 6.92 Å². The number of allylic oxidation sites excluding steroid dienone is 1. The molecule has 0 fully saturated rings. The normalized spacial score (nSPS) is 17.0. The zero-order chi connectivity index (χ0) is 23.1. The maximum Gasteiger partial charge on any atom is 0.315 e. The van der Waals surface area contributed by atoms with Crippen molar-refractivity contribution in [1.82, 2.24) is 5.32 Å². The van der Waals surface area contributed by atoms with Crippen LogP contribution >= 0.6 is 0 Å². The van der Waals surface area contributed by atoms with Gasteiger partial charge >= 0.3 is 5.97 Å². The van der Waals surface area contributed by atoms with Crippen LogP contribution in [0.4, 0.5) is 0 Å². The predicted octanol–water partition coefficient (Wildman–Crippen LogP) is 4.46. The van der Waals surface area contributed by atoms with Gasteiger partial charge in [0.1, 0.15) is 17.8 Å². The van der Waals surface area contributed by atoms with Gasteiger partial charge in [0.15, 0.2) is 5.78 Å². The van der Waals surface area contributed by atoms with E-state index in [-0.39, 0.29) is 5.78 Å². The summed E-state index contributed by atoms with van der Waals surface area (Å²) in [5, 5.41) is 12.8. The van der Waals surface area contributed by atoms with E-state index in [4.69, 9.17) is 10.5 Å². The summed E-state index contributed by atoms with van der Waals surface area (Å²) in [5.74, 6) is -0.654. The molecule has 0 aliphatic carbocycles. The van der Waals surface area contributed by atoms with Crippen molar-refractivity contribution >= 4 is 17.8 Å². The van der Waals surface area contributed by atoms with Crippen LogP contribution in [0.15, 0.2) is 60.9 Å².